The van der Waals surface area contributed by atoms with Gasteiger partial charge in [0.15, 0.2) is 0 Å². The first-order chi connectivity index (χ1) is 7.99. The van der Waals surface area contributed by atoms with Crippen molar-refractivity contribution in [2.75, 3.05) is 0 Å². The van der Waals surface area contributed by atoms with Gasteiger partial charge in [0.1, 0.15) is 6.04 Å². The zero-order chi connectivity index (χ0) is 12.9. The van der Waals surface area contributed by atoms with Crippen LogP contribution in [-0.2, 0) is 9.59 Å². The number of carbonyl (C=O) groups excluding carboxylic acids is 1. The summed E-state index contributed by atoms with van der Waals surface area (Å²) in [6.07, 6.45) is 5.44. The molecule has 1 aliphatic rings. The molecule has 4 N–H and O–H groups in total. The molecule has 0 bridgehead atoms. The lowest BCUT2D eigenvalue weighted by Crippen LogP contribution is -2.58. The molecule has 1 atom stereocenters. The summed E-state index contributed by atoms with van der Waals surface area (Å²) in [6, 6.07) is -0.810. The topological polar surface area (TPSA) is 92.4 Å². The first-order valence-corrected chi connectivity index (χ1v) is 6.32. The molecule has 1 saturated carbocycles. The predicted molar refractivity (Wildman–Crippen MR) is 64.5 cm³/mol. The van der Waals surface area contributed by atoms with Gasteiger partial charge < -0.3 is 16.2 Å². The van der Waals surface area contributed by atoms with Gasteiger partial charge in [0, 0.05) is 0 Å². The highest BCUT2D eigenvalue weighted by Crippen LogP contribution is 2.26. The van der Waals surface area contributed by atoms with E-state index in [9.17, 15) is 9.59 Å². The Morgan fingerprint density at radius 2 is 1.94 bits per heavy atom. The number of rotatable bonds is 5. The molecule has 0 aromatic rings. The summed E-state index contributed by atoms with van der Waals surface area (Å²) < 4.78 is 0. The Morgan fingerprint density at radius 3 is 2.41 bits per heavy atom. The zero-order valence-electron chi connectivity index (χ0n) is 10.4. The van der Waals surface area contributed by atoms with E-state index < -0.39 is 17.6 Å². The van der Waals surface area contributed by atoms with Gasteiger partial charge in [-0.2, -0.15) is 0 Å². The number of carboxylic acid groups (broad SMARTS) is 1. The molecule has 0 radical (unpaired) electrons. The molecule has 1 aliphatic carbocycles. The van der Waals surface area contributed by atoms with Crippen molar-refractivity contribution < 1.29 is 14.7 Å². The van der Waals surface area contributed by atoms with E-state index in [-0.39, 0.29) is 5.91 Å². The molecule has 0 aromatic carbocycles. The molecular weight excluding hydrogens is 220 g/mol. The summed E-state index contributed by atoms with van der Waals surface area (Å²) in [7, 11) is 0. The Labute approximate surface area is 102 Å². The van der Waals surface area contributed by atoms with Crippen LogP contribution >= 0.6 is 0 Å². The van der Waals surface area contributed by atoms with E-state index in [1.807, 2.05) is 6.92 Å². The van der Waals surface area contributed by atoms with Crippen LogP contribution in [-0.4, -0.2) is 28.6 Å². The minimum atomic E-state index is -0.986. The van der Waals surface area contributed by atoms with Crippen LogP contribution < -0.4 is 11.1 Å². The third-order valence-electron chi connectivity index (χ3n) is 3.38. The molecule has 5 heteroatoms. The van der Waals surface area contributed by atoms with Crippen molar-refractivity contribution in [3.8, 4) is 0 Å². The molecule has 17 heavy (non-hydrogen) atoms. The number of amides is 1. The molecule has 0 saturated heterocycles. The Morgan fingerprint density at radius 1 is 1.35 bits per heavy atom. The second-order valence-electron chi connectivity index (χ2n) is 4.87. The Balaban J connectivity index is 2.59. The Bertz CT molecular complexity index is 285. The lowest BCUT2D eigenvalue weighted by Gasteiger charge is -2.32. The highest BCUT2D eigenvalue weighted by atomic mass is 16.4. The lowest BCUT2D eigenvalue weighted by molar-refractivity contribution is -0.143. The summed E-state index contributed by atoms with van der Waals surface area (Å²) in [5.74, 6) is -1.29. The second-order valence-corrected chi connectivity index (χ2v) is 4.87. The Hall–Kier alpha value is -1.10. The summed E-state index contributed by atoms with van der Waals surface area (Å²) in [5.41, 5.74) is 5.18. The molecule has 0 heterocycles. The van der Waals surface area contributed by atoms with E-state index in [4.69, 9.17) is 10.8 Å². The van der Waals surface area contributed by atoms with Crippen LogP contribution in [0.2, 0.25) is 0 Å². The molecular formula is C12H22N2O3. The maximum atomic E-state index is 12.0. The van der Waals surface area contributed by atoms with Crippen molar-refractivity contribution in [1.29, 1.82) is 0 Å². The van der Waals surface area contributed by atoms with Gasteiger partial charge in [0.25, 0.3) is 0 Å². The van der Waals surface area contributed by atoms with Crippen LogP contribution in [0.1, 0.15) is 51.9 Å². The number of carbonyl (C=O) groups is 2. The first kappa shape index (κ1) is 14.0. The van der Waals surface area contributed by atoms with Crippen LogP contribution in [0.25, 0.3) is 0 Å². The van der Waals surface area contributed by atoms with Gasteiger partial charge >= 0.3 is 5.97 Å². The molecule has 0 aromatic heterocycles. The fourth-order valence-corrected chi connectivity index (χ4v) is 2.26. The third kappa shape index (κ3) is 3.70. The van der Waals surface area contributed by atoms with Gasteiger partial charge in [-0.25, -0.2) is 4.79 Å². The minimum absolute atomic E-state index is 0.307. The number of carboxylic acids is 1. The van der Waals surface area contributed by atoms with E-state index in [0.29, 0.717) is 19.3 Å². The fraction of sp³-hybridized carbons (Fsp3) is 0.833. The number of aliphatic carboxylic acids is 1. The number of hydrogen-bond donors (Lipinski definition) is 3. The SMILES string of the molecule is CCC[C@@H](NC(=O)C1(N)CCCCC1)C(=O)O. The molecule has 0 aliphatic heterocycles. The van der Waals surface area contributed by atoms with Crippen molar-refractivity contribution in [2.24, 2.45) is 5.73 Å². The molecule has 1 rings (SSSR count). The van der Waals surface area contributed by atoms with Gasteiger partial charge in [0.05, 0.1) is 5.54 Å². The molecule has 1 amide bonds. The smallest absolute Gasteiger partial charge is 0.326 e. The van der Waals surface area contributed by atoms with Gasteiger partial charge in [-0.1, -0.05) is 32.6 Å². The highest BCUT2D eigenvalue weighted by molar-refractivity contribution is 5.90. The van der Waals surface area contributed by atoms with Gasteiger partial charge in [0.2, 0.25) is 5.91 Å². The average Bonchev–Trinajstić information content (AvgIpc) is 2.29. The van der Waals surface area contributed by atoms with Crippen LogP contribution in [0.5, 0.6) is 0 Å². The van der Waals surface area contributed by atoms with Crippen LogP contribution in [0.3, 0.4) is 0 Å². The molecule has 98 valence electrons. The fourth-order valence-electron chi connectivity index (χ4n) is 2.26. The van der Waals surface area contributed by atoms with Gasteiger partial charge in [-0.05, 0) is 19.3 Å². The molecule has 1 fully saturated rings. The van der Waals surface area contributed by atoms with Crippen molar-refractivity contribution in [3.63, 3.8) is 0 Å². The third-order valence-corrected chi connectivity index (χ3v) is 3.38. The highest BCUT2D eigenvalue weighted by Gasteiger charge is 2.36. The first-order valence-electron chi connectivity index (χ1n) is 6.32. The molecule has 5 nitrogen and oxygen atoms in total. The van der Waals surface area contributed by atoms with Crippen LogP contribution in [0.4, 0.5) is 0 Å². The largest absolute Gasteiger partial charge is 0.480 e. The maximum absolute atomic E-state index is 12.0. The minimum Gasteiger partial charge on any atom is -0.480 e. The normalized spacial score (nSPS) is 20.6. The van der Waals surface area contributed by atoms with Crippen molar-refractivity contribution >= 4 is 11.9 Å². The van der Waals surface area contributed by atoms with Crippen molar-refractivity contribution in [3.05, 3.63) is 0 Å². The van der Waals surface area contributed by atoms with Gasteiger partial charge in [-0.15, -0.1) is 0 Å². The summed E-state index contributed by atoms with van der Waals surface area (Å²) >= 11 is 0. The second kappa shape index (κ2) is 6.00. The zero-order valence-corrected chi connectivity index (χ0v) is 10.4. The van der Waals surface area contributed by atoms with Gasteiger partial charge in [-0.3, -0.25) is 4.79 Å². The Kier molecular flexibility index (Phi) is 4.93. The number of nitrogens with one attached hydrogen (secondary N) is 1. The summed E-state index contributed by atoms with van der Waals surface area (Å²) in [5, 5.41) is 11.5. The summed E-state index contributed by atoms with van der Waals surface area (Å²) in [4.78, 5) is 23.0. The van der Waals surface area contributed by atoms with E-state index in [1.54, 1.807) is 0 Å². The lowest BCUT2D eigenvalue weighted by atomic mass is 9.81. The van der Waals surface area contributed by atoms with E-state index in [0.717, 1.165) is 25.7 Å². The van der Waals surface area contributed by atoms with E-state index in [2.05, 4.69) is 5.32 Å². The summed E-state index contributed by atoms with van der Waals surface area (Å²) in [6.45, 7) is 1.89. The number of hydrogen-bond acceptors (Lipinski definition) is 3. The average molecular weight is 242 g/mol. The predicted octanol–water partition coefficient (Wildman–Crippen LogP) is 1.02. The standard InChI is InChI=1S/C12H22N2O3/c1-2-6-9(10(15)16)14-11(17)12(13)7-4-3-5-8-12/h9H,2-8,13H2,1H3,(H,14,17)(H,15,16)/t9-/m1/s1. The van der Waals surface area contributed by atoms with E-state index >= 15 is 0 Å². The maximum Gasteiger partial charge on any atom is 0.326 e. The van der Waals surface area contributed by atoms with Crippen molar-refractivity contribution in [2.45, 2.75) is 63.5 Å². The van der Waals surface area contributed by atoms with Crippen LogP contribution in [0, 0.1) is 0 Å². The monoisotopic (exact) mass is 242 g/mol. The molecule has 0 unspecified atom stereocenters. The molecule has 0 spiro atoms. The van der Waals surface area contributed by atoms with Crippen molar-refractivity contribution in [1.82, 2.24) is 5.32 Å². The van der Waals surface area contributed by atoms with E-state index in [1.165, 1.54) is 0 Å². The van der Waals surface area contributed by atoms with Crippen LogP contribution in [0.15, 0.2) is 0 Å². The quantitative estimate of drug-likeness (QED) is 0.671. The number of nitrogens with two attached hydrogens (primary N) is 1.